The first-order chi connectivity index (χ1) is 8.18. The highest BCUT2D eigenvalue weighted by atomic mass is 32.2. The number of anilines is 1. The summed E-state index contributed by atoms with van der Waals surface area (Å²) in [7, 11) is 0. The highest BCUT2D eigenvalue weighted by Gasteiger charge is 2.48. The zero-order valence-electron chi connectivity index (χ0n) is 9.42. The summed E-state index contributed by atoms with van der Waals surface area (Å²) in [4.78, 5) is 27.2. The minimum absolute atomic E-state index is 0.110. The minimum Gasteiger partial charge on any atom is -0.302 e. The summed E-state index contributed by atoms with van der Waals surface area (Å²) in [6.45, 7) is 2.65. The SMILES string of the molecule is Cc1ccc(N2C(=O)C3SCCN3C2=O)cc1. The van der Waals surface area contributed by atoms with Crippen molar-refractivity contribution in [2.45, 2.75) is 12.3 Å². The van der Waals surface area contributed by atoms with Gasteiger partial charge in [0.15, 0.2) is 5.37 Å². The van der Waals surface area contributed by atoms with E-state index in [1.54, 1.807) is 16.7 Å². The molecular formula is C12H12N2O2S. The van der Waals surface area contributed by atoms with Crippen LogP contribution >= 0.6 is 11.8 Å². The van der Waals surface area contributed by atoms with Crippen molar-refractivity contribution in [3.8, 4) is 0 Å². The molecule has 0 aromatic heterocycles. The number of urea groups is 1. The third-order valence-corrected chi connectivity index (χ3v) is 4.24. The van der Waals surface area contributed by atoms with E-state index >= 15 is 0 Å². The maximum Gasteiger partial charge on any atom is 0.332 e. The normalized spacial score (nSPS) is 23.5. The van der Waals surface area contributed by atoms with Crippen LogP contribution in [0.3, 0.4) is 0 Å². The molecule has 4 nitrogen and oxygen atoms in total. The van der Waals surface area contributed by atoms with E-state index in [2.05, 4.69) is 0 Å². The second-order valence-corrected chi connectivity index (χ2v) is 5.40. The lowest BCUT2D eigenvalue weighted by atomic mass is 10.2. The van der Waals surface area contributed by atoms with E-state index in [1.807, 2.05) is 31.2 Å². The van der Waals surface area contributed by atoms with Crippen molar-refractivity contribution in [1.82, 2.24) is 4.90 Å². The average molecular weight is 248 g/mol. The number of amides is 3. The molecule has 0 aliphatic carbocycles. The number of hydrogen-bond acceptors (Lipinski definition) is 3. The standard InChI is InChI=1S/C12H12N2O2S/c1-8-2-4-9(5-3-8)14-10(15)11-13(12(14)16)6-7-17-11/h2-5,11H,6-7H2,1H3. The number of hydrogen-bond donors (Lipinski definition) is 0. The fourth-order valence-electron chi connectivity index (χ4n) is 2.14. The zero-order chi connectivity index (χ0) is 12.0. The molecule has 1 atom stereocenters. The van der Waals surface area contributed by atoms with Gasteiger partial charge >= 0.3 is 6.03 Å². The first kappa shape index (κ1) is 10.7. The van der Waals surface area contributed by atoms with Gasteiger partial charge in [0.05, 0.1) is 5.69 Å². The molecule has 0 N–H and O–H groups in total. The molecular weight excluding hydrogens is 236 g/mol. The van der Waals surface area contributed by atoms with Crippen molar-refractivity contribution in [3.63, 3.8) is 0 Å². The van der Waals surface area contributed by atoms with Crippen molar-refractivity contribution in [2.24, 2.45) is 0 Å². The van der Waals surface area contributed by atoms with Crippen LogP contribution in [0.25, 0.3) is 0 Å². The molecule has 2 aliphatic rings. The molecule has 88 valence electrons. The van der Waals surface area contributed by atoms with Gasteiger partial charge in [-0.1, -0.05) is 17.7 Å². The summed E-state index contributed by atoms with van der Waals surface area (Å²) >= 11 is 1.54. The second-order valence-electron chi connectivity index (χ2n) is 4.21. The maximum absolute atomic E-state index is 12.1. The van der Waals surface area contributed by atoms with Crippen LogP contribution in [0.1, 0.15) is 5.56 Å². The van der Waals surface area contributed by atoms with E-state index in [-0.39, 0.29) is 17.3 Å². The van der Waals surface area contributed by atoms with Gasteiger partial charge < -0.3 is 4.90 Å². The Morgan fingerprint density at radius 1 is 1.24 bits per heavy atom. The molecule has 2 saturated heterocycles. The average Bonchev–Trinajstić information content (AvgIpc) is 2.87. The molecule has 0 radical (unpaired) electrons. The Morgan fingerprint density at radius 2 is 1.94 bits per heavy atom. The summed E-state index contributed by atoms with van der Waals surface area (Å²) in [6.07, 6.45) is 0. The number of benzene rings is 1. The number of rotatable bonds is 1. The largest absolute Gasteiger partial charge is 0.332 e. The topological polar surface area (TPSA) is 40.6 Å². The Labute approximate surface area is 104 Å². The number of thioether (sulfide) groups is 1. The van der Waals surface area contributed by atoms with Crippen molar-refractivity contribution >= 4 is 29.4 Å². The first-order valence-electron chi connectivity index (χ1n) is 5.51. The van der Waals surface area contributed by atoms with Crippen LogP contribution in [0.2, 0.25) is 0 Å². The van der Waals surface area contributed by atoms with Crippen LogP contribution < -0.4 is 4.90 Å². The van der Waals surface area contributed by atoms with Gasteiger partial charge in [-0.05, 0) is 19.1 Å². The van der Waals surface area contributed by atoms with E-state index in [0.717, 1.165) is 11.3 Å². The Hall–Kier alpha value is -1.49. The Kier molecular flexibility index (Phi) is 2.36. The number of carbonyl (C=O) groups is 2. The molecule has 3 rings (SSSR count). The van der Waals surface area contributed by atoms with Crippen LogP contribution in [-0.2, 0) is 4.79 Å². The molecule has 2 aliphatic heterocycles. The summed E-state index contributed by atoms with van der Waals surface area (Å²) in [5, 5.41) is -0.302. The molecule has 2 fully saturated rings. The molecule has 17 heavy (non-hydrogen) atoms. The zero-order valence-corrected chi connectivity index (χ0v) is 10.2. The molecule has 3 amide bonds. The highest BCUT2D eigenvalue weighted by molar-refractivity contribution is 8.00. The highest BCUT2D eigenvalue weighted by Crippen LogP contribution is 2.34. The Bertz CT molecular complexity index is 464. The Balaban J connectivity index is 1.96. The third-order valence-electron chi connectivity index (χ3n) is 3.05. The third kappa shape index (κ3) is 1.53. The van der Waals surface area contributed by atoms with Crippen LogP contribution in [0.15, 0.2) is 24.3 Å². The van der Waals surface area contributed by atoms with Crippen molar-refractivity contribution in [1.29, 1.82) is 0 Å². The van der Waals surface area contributed by atoms with Crippen LogP contribution in [-0.4, -0.2) is 34.5 Å². The molecule has 1 aromatic carbocycles. The van der Waals surface area contributed by atoms with Crippen molar-refractivity contribution in [3.05, 3.63) is 29.8 Å². The number of fused-ring (bicyclic) bond motifs is 1. The summed E-state index contributed by atoms with van der Waals surface area (Å²) in [5.74, 6) is 0.741. The van der Waals surface area contributed by atoms with E-state index in [9.17, 15) is 9.59 Å². The first-order valence-corrected chi connectivity index (χ1v) is 6.56. The van der Waals surface area contributed by atoms with Gasteiger partial charge in [-0.15, -0.1) is 11.8 Å². The summed E-state index contributed by atoms with van der Waals surface area (Å²) < 4.78 is 0. The maximum atomic E-state index is 12.1. The molecule has 1 aromatic rings. The van der Waals surface area contributed by atoms with E-state index in [4.69, 9.17) is 0 Å². The predicted molar refractivity (Wildman–Crippen MR) is 67.0 cm³/mol. The second kappa shape index (κ2) is 3.77. The van der Waals surface area contributed by atoms with Gasteiger partial charge in [0, 0.05) is 12.3 Å². The molecule has 0 bridgehead atoms. The van der Waals surface area contributed by atoms with Gasteiger partial charge in [-0.25, -0.2) is 9.69 Å². The smallest absolute Gasteiger partial charge is 0.302 e. The summed E-state index contributed by atoms with van der Waals surface area (Å²) in [5.41, 5.74) is 1.78. The number of imide groups is 1. The van der Waals surface area contributed by atoms with E-state index < -0.39 is 0 Å². The molecule has 1 unspecified atom stereocenters. The number of aryl methyl sites for hydroxylation is 1. The fraction of sp³-hybridized carbons (Fsp3) is 0.333. The molecule has 2 heterocycles. The van der Waals surface area contributed by atoms with Gasteiger partial charge in [-0.3, -0.25) is 4.79 Å². The molecule has 5 heteroatoms. The van der Waals surface area contributed by atoms with Crippen LogP contribution in [0.4, 0.5) is 10.5 Å². The minimum atomic E-state index is -0.302. The summed E-state index contributed by atoms with van der Waals surface area (Å²) in [6, 6.07) is 7.27. The Morgan fingerprint density at radius 3 is 2.59 bits per heavy atom. The van der Waals surface area contributed by atoms with E-state index in [1.165, 1.54) is 4.90 Å². The quantitative estimate of drug-likeness (QED) is 0.712. The van der Waals surface area contributed by atoms with Crippen molar-refractivity contribution in [2.75, 3.05) is 17.2 Å². The molecule has 0 spiro atoms. The lowest BCUT2D eigenvalue weighted by Crippen LogP contribution is -2.33. The fourth-order valence-corrected chi connectivity index (χ4v) is 3.28. The van der Waals surface area contributed by atoms with Gasteiger partial charge in [-0.2, -0.15) is 0 Å². The monoisotopic (exact) mass is 248 g/mol. The van der Waals surface area contributed by atoms with Gasteiger partial charge in [0.2, 0.25) is 0 Å². The van der Waals surface area contributed by atoms with Gasteiger partial charge in [0.25, 0.3) is 5.91 Å². The van der Waals surface area contributed by atoms with E-state index in [0.29, 0.717) is 12.2 Å². The molecule has 0 saturated carbocycles. The van der Waals surface area contributed by atoms with Crippen LogP contribution in [0.5, 0.6) is 0 Å². The number of nitrogens with zero attached hydrogens (tertiary/aromatic N) is 2. The predicted octanol–water partition coefficient (Wildman–Crippen LogP) is 1.84. The van der Waals surface area contributed by atoms with Crippen LogP contribution in [0, 0.1) is 6.92 Å². The number of carbonyl (C=O) groups excluding carboxylic acids is 2. The van der Waals surface area contributed by atoms with Gasteiger partial charge in [0.1, 0.15) is 0 Å². The lowest BCUT2D eigenvalue weighted by molar-refractivity contribution is -0.117. The lowest BCUT2D eigenvalue weighted by Gasteiger charge is -2.15. The van der Waals surface area contributed by atoms with Crippen molar-refractivity contribution < 1.29 is 9.59 Å².